The Balaban J connectivity index is 0.000000700. The van der Waals surface area contributed by atoms with E-state index in [9.17, 15) is 9.59 Å². The van der Waals surface area contributed by atoms with Crippen LogP contribution >= 0.6 is 0 Å². The summed E-state index contributed by atoms with van der Waals surface area (Å²) in [5.41, 5.74) is 1.92. The van der Waals surface area contributed by atoms with Crippen LogP contribution < -0.4 is 10.6 Å². The number of ether oxygens (including phenoxy) is 1. The lowest BCUT2D eigenvalue weighted by Gasteiger charge is -2.32. The van der Waals surface area contributed by atoms with E-state index in [-0.39, 0.29) is 12.2 Å². The number of carbonyl (C=O) groups is 2. The first-order valence-corrected chi connectivity index (χ1v) is 12.2. The van der Waals surface area contributed by atoms with Crippen molar-refractivity contribution in [1.29, 1.82) is 0 Å². The minimum Gasteiger partial charge on any atom is -0.444 e. The molecule has 2 amide bonds. The zero-order chi connectivity index (χ0) is 25.4. The molecule has 1 unspecified atom stereocenters. The number of carbonyl (C=O) groups excluding carboxylic acids is 2. The van der Waals surface area contributed by atoms with Gasteiger partial charge in [0.05, 0.1) is 6.17 Å². The molecule has 0 saturated carbocycles. The first-order chi connectivity index (χ1) is 16.2. The molecule has 0 heterocycles. The molecule has 2 aromatic carbocycles. The van der Waals surface area contributed by atoms with Gasteiger partial charge in [-0.3, -0.25) is 10.1 Å². The minimum atomic E-state index is -0.498. The van der Waals surface area contributed by atoms with Crippen LogP contribution in [0.1, 0.15) is 65.0 Å². The normalized spacial score (nSPS) is 12.5. The predicted molar refractivity (Wildman–Crippen MR) is 139 cm³/mol. The fraction of sp³-hybridized carbons (Fsp3) is 0.500. The fourth-order valence-corrected chi connectivity index (χ4v) is 3.34. The molecule has 0 radical (unpaired) electrons. The van der Waals surface area contributed by atoms with E-state index in [0.717, 1.165) is 31.2 Å². The van der Waals surface area contributed by atoms with Crippen molar-refractivity contribution >= 4 is 12.5 Å². The summed E-state index contributed by atoms with van der Waals surface area (Å²) in [5, 5.41) is 6.34. The molecule has 0 bridgehead atoms. The highest BCUT2D eigenvalue weighted by molar-refractivity contribution is 5.67. The van der Waals surface area contributed by atoms with Gasteiger partial charge < -0.3 is 15.0 Å². The van der Waals surface area contributed by atoms with E-state index < -0.39 is 11.7 Å². The fourth-order valence-electron chi connectivity index (χ4n) is 3.34. The molecule has 2 aromatic rings. The average molecular weight is 470 g/mol. The van der Waals surface area contributed by atoms with Crippen LogP contribution in [0.2, 0.25) is 0 Å². The van der Waals surface area contributed by atoms with Gasteiger partial charge >= 0.3 is 6.09 Å². The van der Waals surface area contributed by atoms with E-state index in [0.29, 0.717) is 13.1 Å². The van der Waals surface area contributed by atoms with Gasteiger partial charge in [0.15, 0.2) is 0 Å². The number of nitrogens with zero attached hydrogens (tertiary/aromatic N) is 1. The topological polar surface area (TPSA) is 70.7 Å². The third kappa shape index (κ3) is 13.0. The molecule has 2 rings (SSSR count). The summed E-state index contributed by atoms with van der Waals surface area (Å²) in [6.07, 6.45) is 2.94. The van der Waals surface area contributed by atoms with Crippen LogP contribution in [-0.4, -0.2) is 41.8 Å². The molecule has 0 fully saturated rings. The molecule has 2 N–H and O–H groups in total. The first-order valence-electron chi connectivity index (χ1n) is 12.2. The van der Waals surface area contributed by atoms with Crippen molar-refractivity contribution in [3.8, 4) is 0 Å². The third-order valence-electron chi connectivity index (χ3n) is 5.15. The van der Waals surface area contributed by atoms with Crippen LogP contribution in [0.25, 0.3) is 0 Å². The molecule has 6 nitrogen and oxygen atoms in total. The van der Waals surface area contributed by atoms with Gasteiger partial charge in [-0.1, -0.05) is 80.1 Å². The number of hydrogen-bond acceptors (Lipinski definition) is 4. The van der Waals surface area contributed by atoms with Crippen molar-refractivity contribution in [2.45, 2.75) is 85.2 Å². The Labute approximate surface area is 206 Å². The lowest BCUT2D eigenvalue weighted by Crippen LogP contribution is -2.49. The van der Waals surface area contributed by atoms with Gasteiger partial charge in [0.25, 0.3) is 0 Å². The second kappa shape index (κ2) is 15.9. The van der Waals surface area contributed by atoms with E-state index in [1.165, 1.54) is 5.56 Å². The van der Waals surface area contributed by atoms with E-state index in [2.05, 4.69) is 43.5 Å². The molecular weight excluding hydrogens is 426 g/mol. The Hall–Kier alpha value is -2.86. The Morgan fingerprint density at radius 3 is 2.03 bits per heavy atom. The molecule has 0 spiro atoms. The summed E-state index contributed by atoms with van der Waals surface area (Å²) in [7, 11) is 0. The van der Waals surface area contributed by atoms with Crippen molar-refractivity contribution < 1.29 is 14.3 Å². The maximum atomic E-state index is 11.8. The second-order valence-corrected chi connectivity index (χ2v) is 9.33. The summed E-state index contributed by atoms with van der Waals surface area (Å²) in [6, 6.07) is 20.4. The predicted octanol–water partition coefficient (Wildman–Crippen LogP) is 5.66. The zero-order valence-electron chi connectivity index (χ0n) is 21.7. The number of aryl methyl sites for hydroxylation is 1. The van der Waals surface area contributed by atoms with Gasteiger partial charge in [0.2, 0.25) is 6.41 Å². The quantitative estimate of drug-likeness (QED) is 0.329. The summed E-state index contributed by atoms with van der Waals surface area (Å²) >= 11 is 0. The summed E-state index contributed by atoms with van der Waals surface area (Å²) in [5.74, 6) is 0. The van der Waals surface area contributed by atoms with E-state index in [1.54, 1.807) is 4.90 Å². The number of alkyl carbamates (subject to hydrolysis) is 1. The second-order valence-electron chi connectivity index (χ2n) is 9.33. The van der Waals surface area contributed by atoms with Crippen LogP contribution in [0.4, 0.5) is 4.79 Å². The molecule has 0 aliphatic heterocycles. The lowest BCUT2D eigenvalue weighted by molar-refractivity contribution is -0.121. The highest BCUT2D eigenvalue weighted by atomic mass is 16.6. The Morgan fingerprint density at radius 1 is 1.00 bits per heavy atom. The number of benzene rings is 2. The van der Waals surface area contributed by atoms with Gasteiger partial charge in [-0.15, -0.1) is 0 Å². The molecule has 0 saturated heterocycles. The average Bonchev–Trinajstić information content (AvgIpc) is 2.80. The van der Waals surface area contributed by atoms with Crippen molar-refractivity contribution in [3.05, 3.63) is 71.8 Å². The highest BCUT2D eigenvalue weighted by Gasteiger charge is 2.20. The van der Waals surface area contributed by atoms with Crippen molar-refractivity contribution in [2.24, 2.45) is 0 Å². The molecule has 2 atom stereocenters. The number of hydrogen-bond donors (Lipinski definition) is 2. The van der Waals surface area contributed by atoms with E-state index in [4.69, 9.17) is 4.74 Å². The monoisotopic (exact) mass is 469 g/mol. The summed E-state index contributed by atoms with van der Waals surface area (Å²) in [6.45, 7) is 12.9. The smallest absolute Gasteiger partial charge is 0.407 e. The number of amides is 2. The highest BCUT2D eigenvalue weighted by Crippen LogP contribution is 2.10. The summed E-state index contributed by atoms with van der Waals surface area (Å²) < 4.78 is 5.25. The van der Waals surface area contributed by atoms with Crippen molar-refractivity contribution in [1.82, 2.24) is 15.5 Å². The number of nitrogens with one attached hydrogen (secondary N) is 2. The molecule has 34 heavy (non-hydrogen) atoms. The van der Waals surface area contributed by atoms with Crippen LogP contribution in [0, 0.1) is 6.92 Å². The zero-order valence-corrected chi connectivity index (χ0v) is 21.7. The molecule has 0 aliphatic carbocycles. The Bertz CT molecular complexity index is 807. The summed E-state index contributed by atoms with van der Waals surface area (Å²) in [4.78, 5) is 25.2. The van der Waals surface area contributed by atoms with Crippen molar-refractivity contribution in [3.63, 3.8) is 0 Å². The van der Waals surface area contributed by atoms with Gasteiger partial charge in [-0.25, -0.2) is 4.79 Å². The Morgan fingerprint density at radius 2 is 1.59 bits per heavy atom. The molecule has 0 aliphatic rings. The largest absolute Gasteiger partial charge is 0.444 e. The molecule has 188 valence electrons. The van der Waals surface area contributed by atoms with Crippen LogP contribution in [-0.2, 0) is 16.1 Å². The third-order valence-corrected chi connectivity index (χ3v) is 5.15. The molecular formula is C28H43N3O3. The van der Waals surface area contributed by atoms with Crippen LogP contribution in [0.15, 0.2) is 60.7 Å². The van der Waals surface area contributed by atoms with E-state index in [1.807, 2.05) is 69.3 Å². The van der Waals surface area contributed by atoms with Crippen LogP contribution in [0.3, 0.4) is 0 Å². The van der Waals surface area contributed by atoms with Gasteiger partial charge in [0, 0.05) is 19.1 Å². The number of rotatable bonds is 11. The van der Waals surface area contributed by atoms with Crippen LogP contribution in [0.5, 0.6) is 0 Å². The maximum Gasteiger partial charge on any atom is 0.407 e. The lowest BCUT2D eigenvalue weighted by atomic mass is 10.1. The minimum absolute atomic E-state index is 0.0471. The van der Waals surface area contributed by atoms with Gasteiger partial charge in [-0.2, -0.15) is 0 Å². The van der Waals surface area contributed by atoms with Gasteiger partial charge in [0.1, 0.15) is 5.60 Å². The molecule has 6 heteroatoms. The van der Waals surface area contributed by atoms with E-state index >= 15 is 0 Å². The Kier molecular flexibility index (Phi) is 13.6. The standard InChI is InChI=1S/C21H35N3O3.C7H8/c1-6-18(13-14-22-20(26)27-21(3,4)5)23-19(7-2)24(16-25)15-17-11-9-8-10-12-17;1-7-5-3-2-4-6-7/h8-12,16,18-19,23H,6-7,13-15H2,1-5H3,(H,22,26);2-6H,1H3/t18?,19-;/m0./s1. The first kappa shape index (κ1) is 29.2. The maximum absolute atomic E-state index is 11.8. The molecule has 0 aromatic heterocycles. The SMILES string of the molecule is CCC(CCNC(=O)OC(C)(C)C)N[C@H](CC)N(C=O)Cc1ccccc1.Cc1ccccc1. The van der Waals surface area contributed by atoms with Crippen molar-refractivity contribution in [2.75, 3.05) is 6.54 Å². The van der Waals surface area contributed by atoms with Gasteiger partial charge in [-0.05, 0) is 52.5 Å².